The normalized spacial score (nSPS) is 25.7. The zero-order valence-corrected chi connectivity index (χ0v) is 14.9. The zero-order valence-electron chi connectivity index (χ0n) is 14.9. The van der Waals surface area contributed by atoms with Crippen LogP contribution in [0.1, 0.15) is 29.2 Å². The van der Waals surface area contributed by atoms with E-state index in [1.807, 2.05) is 4.57 Å². The molecule has 2 aliphatic rings. The Labute approximate surface area is 159 Å². The maximum absolute atomic E-state index is 13.6. The Balaban J connectivity index is 1.21. The maximum atomic E-state index is 13.6. The zero-order chi connectivity index (χ0) is 19.4. The third-order valence-electron chi connectivity index (χ3n) is 6.19. The molecule has 0 unspecified atom stereocenters. The fourth-order valence-corrected chi connectivity index (χ4v) is 4.73. The number of aromatic nitrogens is 2. The van der Waals surface area contributed by atoms with Crippen molar-refractivity contribution >= 4 is 16.9 Å². The number of nitrogens with zero attached hydrogens (tertiary/aromatic N) is 2. The number of fused-ring (bicyclic) bond motifs is 2. The SMILES string of the molecule is O=C(NC[C@@H]1[C@H]2C[C@H](n3cnc4cc(F)c(F)cc43)C[C@@H]12)c1cccc(F)c1. The lowest BCUT2D eigenvalue weighted by Crippen LogP contribution is -2.27. The van der Waals surface area contributed by atoms with E-state index in [1.165, 1.54) is 24.3 Å². The average Bonchev–Trinajstić information content (AvgIpc) is 3.00. The summed E-state index contributed by atoms with van der Waals surface area (Å²) < 4.78 is 42.1. The Morgan fingerprint density at radius 3 is 2.61 bits per heavy atom. The van der Waals surface area contributed by atoms with Gasteiger partial charge >= 0.3 is 0 Å². The van der Waals surface area contributed by atoms with Gasteiger partial charge < -0.3 is 9.88 Å². The monoisotopic (exact) mass is 385 g/mol. The van der Waals surface area contributed by atoms with Gasteiger partial charge in [-0.3, -0.25) is 4.79 Å². The van der Waals surface area contributed by atoms with Gasteiger partial charge in [0, 0.05) is 30.3 Å². The first kappa shape index (κ1) is 17.3. The first-order chi connectivity index (χ1) is 13.5. The van der Waals surface area contributed by atoms with Crippen LogP contribution in [0.2, 0.25) is 0 Å². The van der Waals surface area contributed by atoms with Gasteiger partial charge in [0.2, 0.25) is 0 Å². The van der Waals surface area contributed by atoms with Crippen molar-refractivity contribution in [2.24, 2.45) is 17.8 Å². The predicted molar refractivity (Wildman–Crippen MR) is 97.1 cm³/mol. The van der Waals surface area contributed by atoms with Crippen molar-refractivity contribution in [3.8, 4) is 0 Å². The van der Waals surface area contributed by atoms with Gasteiger partial charge in [0.05, 0.1) is 17.4 Å². The molecule has 0 spiro atoms. The number of hydrogen-bond donors (Lipinski definition) is 1. The van der Waals surface area contributed by atoms with Gasteiger partial charge in [-0.05, 0) is 48.8 Å². The number of carbonyl (C=O) groups excluding carboxylic acids is 1. The second kappa shape index (κ2) is 6.36. The highest BCUT2D eigenvalue weighted by atomic mass is 19.2. The fourth-order valence-electron chi connectivity index (χ4n) is 4.73. The second-order valence-electron chi connectivity index (χ2n) is 7.74. The van der Waals surface area contributed by atoms with Crippen molar-refractivity contribution in [2.45, 2.75) is 18.9 Å². The summed E-state index contributed by atoms with van der Waals surface area (Å²) >= 11 is 0. The molecule has 1 N–H and O–H groups in total. The molecule has 0 saturated heterocycles. The number of halogens is 3. The van der Waals surface area contributed by atoms with Crippen LogP contribution in [-0.2, 0) is 0 Å². The molecule has 144 valence electrons. The number of nitrogens with one attached hydrogen (secondary N) is 1. The smallest absolute Gasteiger partial charge is 0.251 e. The average molecular weight is 385 g/mol. The van der Waals surface area contributed by atoms with Gasteiger partial charge in [0.1, 0.15) is 5.82 Å². The highest BCUT2D eigenvalue weighted by molar-refractivity contribution is 5.94. The summed E-state index contributed by atoms with van der Waals surface area (Å²) in [4.78, 5) is 16.3. The van der Waals surface area contributed by atoms with Crippen molar-refractivity contribution in [3.05, 3.63) is 65.7 Å². The Kier molecular flexibility index (Phi) is 3.92. The van der Waals surface area contributed by atoms with Gasteiger partial charge in [-0.2, -0.15) is 0 Å². The lowest BCUT2D eigenvalue weighted by molar-refractivity contribution is 0.0949. The van der Waals surface area contributed by atoms with Gasteiger partial charge in [-0.25, -0.2) is 18.2 Å². The van der Waals surface area contributed by atoms with Crippen LogP contribution in [0.15, 0.2) is 42.7 Å². The van der Waals surface area contributed by atoms with Crippen LogP contribution in [0.25, 0.3) is 11.0 Å². The number of hydrogen-bond acceptors (Lipinski definition) is 2. The molecule has 2 aliphatic carbocycles. The minimum absolute atomic E-state index is 0.208. The van der Waals surface area contributed by atoms with E-state index in [1.54, 1.807) is 12.4 Å². The standard InChI is InChI=1S/C21H18F3N3O/c22-12-3-1-2-11(4-12)21(28)25-9-16-14-5-13(6-15(14)16)27-10-26-19-7-17(23)18(24)8-20(19)27/h1-4,7-8,10,13-16H,5-6,9H2,(H,25,28)/t13-,14-,15+,16+. The predicted octanol–water partition coefficient (Wildman–Crippen LogP) is 4.08. The summed E-state index contributed by atoms with van der Waals surface area (Å²) in [7, 11) is 0. The van der Waals surface area contributed by atoms with Crippen LogP contribution in [0, 0.1) is 35.2 Å². The molecule has 7 heteroatoms. The van der Waals surface area contributed by atoms with E-state index in [9.17, 15) is 18.0 Å². The van der Waals surface area contributed by atoms with Gasteiger partial charge in [0.25, 0.3) is 5.91 Å². The molecular formula is C21H18F3N3O. The molecule has 3 aromatic rings. The summed E-state index contributed by atoms with van der Waals surface area (Å²) in [6, 6.07) is 8.19. The third kappa shape index (κ3) is 2.85. The minimum atomic E-state index is -0.888. The summed E-state index contributed by atoms with van der Waals surface area (Å²) in [6.45, 7) is 0.571. The highest BCUT2D eigenvalue weighted by Gasteiger charge is 2.56. The van der Waals surface area contributed by atoms with Crippen molar-refractivity contribution in [1.82, 2.24) is 14.9 Å². The molecule has 4 atom stereocenters. The first-order valence-corrected chi connectivity index (χ1v) is 9.36. The lowest BCUT2D eigenvalue weighted by atomic mass is 10.1. The van der Waals surface area contributed by atoms with Crippen molar-refractivity contribution < 1.29 is 18.0 Å². The molecule has 0 aliphatic heterocycles. The van der Waals surface area contributed by atoms with Crippen LogP contribution < -0.4 is 5.32 Å². The molecular weight excluding hydrogens is 367 g/mol. The van der Waals surface area contributed by atoms with E-state index in [2.05, 4.69) is 10.3 Å². The molecule has 2 aromatic carbocycles. The van der Waals surface area contributed by atoms with E-state index in [4.69, 9.17) is 0 Å². The Hall–Kier alpha value is -2.83. The largest absolute Gasteiger partial charge is 0.352 e. The summed E-state index contributed by atoms with van der Waals surface area (Å²) in [6.07, 6.45) is 3.50. The van der Waals surface area contributed by atoms with Gasteiger partial charge in [0.15, 0.2) is 11.6 Å². The van der Waals surface area contributed by atoms with E-state index in [-0.39, 0.29) is 11.9 Å². The van der Waals surface area contributed by atoms with Crippen LogP contribution in [-0.4, -0.2) is 22.0 Å². The van der Waals surface area contributed by atoms with E-state index >= 15 is 0 Å². The Bertz CT molecular complexity index is 1070. The Morgan fingerprint density at radius 1 is 1.11 bits per heavy atom. The molecule has 0 bridgehead atoms. The third-order valence-corrected chi connectivity index (χ3v) is 6.19. The molecule has 1 heterocycles. The maximum Gasteiger partial charge on any atom is 0.251 e. The van der Waals surface area contributed by atoms with Crippen LogP contribution in [0.5, 0.6) is 0 Å². The molecule has 1 amide bonds. The molecule has 2 saturated carbocycles. The van der Waals surface area contributed by atoms with Crippen molar-refractivity contribution in [2.75, 3.05) is 6.54 Å². The molecule has 28 heavy (non-hydrogen) atoms. The summed E-state index contributed by atoms with van der Waals surface area (Å²) in [5.41, 5.74) is 1.39. The van der Waals surface area contributed by atoms with E-state index < -0.39 is 17.5 Å². The number of imidazole rings is 1. The van der Waals surface area contributed by atoms with Gasteiger partial charge in [-0.1, -0.05) is 6.07 Å². The van der Waals surface area contributed by atoms with E-state index in [0.29, 0.717) is 40.9 Å². The van der Waals surface area contributed by atoms with Crippen molar-refractivity contribution in [3.63, 3.8) is 0 Å². The van der Waals surface area contributed by atoms with Crippen LogP contribution in [0.3, 0.4) is 0 Å². The van der Waals surface area contributed by atoms with Gasteiger partial charge in [-0.15, -0.1) is 0 Å². The lowest BCUT2D eigenvalue weighted by Gasteiger charge is -2.17. The first-order valence-electron chi connectivity index (χ1n) is 9.36. The minimum Gasteiger partial charge on any atom is -0.352 e. The number of rotatable bonds is 4. The molecule has 1 aromatic heterocycles. The molecule has 5 rings (SSSR count). The summed E-state index contributed by atoms with van der Waals surface area (Å²) in [5, 5.41) is 2.89. The van der Waals surface area contributed by atoms with Crippen LogP contribution >= 0.6 is 0 Å². The number of amides is 1. The number of benzene rings is 2. The topological polar surface area (TPSA) is 46.9 Å². The molecule has 2 fully saturated rings. The Morgan fingerprint density at radius 2 is 1.86 bits per heavy atom. The van der Waals surface area contributed by atoms with Crippen LogP contribution in [0.4, 0.5) is 13.2 Å². The fraction of sp³-hybridized carbons (Fsp3) is 0.333. The number of carbonyl (C=O) groups is 1. The van der Waals surface area contributed by atoms with Crippen molar-refractivity contribution in [1.29, 1.82) is 0 Å². The van der Waals surface area contributed by atoms with E-state index in [0.717, 1.165) is 18.9 Å². The molecule has 4 nitrogen and oxygen atoms in total. The molecule has 0 radical (unpaired) electrons. The second-order valence-corrected chi connectivity index (χ2v) is 7.74. The quantitative estimate of drug-likeness (QED) is 0.736. The highest BCUT2D eigenvalue weighted by Crippen LogP contribution is 2.60. The summed E-state index contributed by atoms with van der Waals surface area (Å²) in [5.74, 6) is -1.03.